The van der Waals surface area contributed by atoms with Crippen molar-refractivity contribution in [2.24, 2.45) is 0 Å². The van der Waals surface area contributed by atoms with Crippen LogP contribution in [0.2, 0.25) is 0 Å². The number of aryl methyl sites for hydroxylation is 3. The van der Waals surface area contributed by atoms with Gasteiger partial charge in [0.2, 0.25) is 6.79 Å². The molecule has 28 heavy (non-hydrogen) atoms. The lowest BCUT2D eigenvalue weighted by Crippen LogP contribution is -2.06. The van der Waals surface area contributed by atoms with E-state index in [4.69, 9.17) is 19.6 Å². The molecule has 0 saturated heterocycles. The van der Waals surface area contributed by atoms with Crippen molar-refractivity contribution in [1.82, 2.24) is 9.97 Å². The molecular formula is C20H21N3O4S. The number of carboxylic acids is 1. The van der Waals surface area contributed by atoms with Gasteiger partial charge in [0.15, 0.2) is 11.5 Å². The number of thiophene rings is 1. The van der Waals surface area contributed by atoms with E-state index in [-0.39, 0.29) is 13.2 Å². The number of carboxylic acid groups (broad SMARTS) is 1. The molecule has 4 rings (SSSR count). The first-order valence-electron chi connectivity index (χ1n) is 9.12. The fourth-order valence-corrected chi connectivity index (χ4v) is 4.22. The van der Waals surface area contributed by atoms with Gasteiger partial charge in [0.25, 0.3) is 0 Å². The second-order valence-corrected chi connectivity index (χ2v) is 7.94. The van der Waals surface area contributed by atoms with Crippen LogP contribution < -0.4 is 14.8 Å². The highest BCUT2D eigenvalue weighted by Gasteiger charge is 2.16. The van der Waals surface area contributed by atoms with E-state index >= 15 is 0 Å². The molecule has 2 N–H and O–H groups in total. The number of ether oxygens (including phenoxy) is 2. The van der Waals surface area contributed by atoms with E-state index < -0.39 is 5.97 Å². The van der Waals surface area contributed by atoms with E-state index in [1.54, 1.807) is 11.3 Å². The summed E-state index contributed by atoms with van der Waals surface area (Å²) >= 11 is 1.64. The van der Waals surface area contributed by atoms with Crippen molar-refractivity contribution in [2.75, 3.05) is 12.1 Å². The van der Waals surface area contributed by atoms with Gasteiger partial charge in [-0.25, -0.2) is 9.97 Å². The first-order valence-corrected chi connectivity index (χ1v) is 9.93. The van der Waals surface area contributed by atoms with Crippen LogP contribution in [0, 0.1) is 13.8 Å². The van der Waals surface area contributed by atoms with Gasteiger partial charge < -0.3 is 19.9 Å². The van der Waals surface area contributed by atoms with Crippen LogP contribution in [0.5, 0.6) is 11.5 Å². The summed E-state index contributed by atoms with van der Waals surface area (Å²) in [6.45, 7) is 5.00. The molecule has 0 atom stereocenters. The second kappa shape index (κ2) is 7.63. The summed E-state index contributed by atoms with van der Waals surface area (Å²) in [5.74, 6) is 2.17. The van der Waals surface area contributed by atoms with Gasteiger partial charge >= 0.3 is 5.97 Å². The standard InChI is InChI=1S/C20H21N3O4S/c1-11-12(2)28-20-18(11)19(22-16(23-20)4-3-5-17(24)25)21-9-13-6-7-14-15(8-13)27-10-26-14/h6-8H,3-5,9-10H2,1-2H3,(H,24,25)(H,21,22,23). The van der Waals surface area contributed by atoms with Gasteiger partial charge in [-0.2, -0.15) is 0 Å². The normalized spacial score (nSPS) is 12.5. The lowest BCUT2D eigenvalue weighted by molar-refractivity contribution is -0.137. The Balaban J connectivity index is 1.59. The summed E-state index contributed by atoms with van der Waals surface area (Å²) in [6.07, 6.45) is 1.17. The van der Waals surface area contributed by atoms with Crippen LogP contribution in [0.25, 0.3) is 10.2 Å². The first-order chi connectivity index (χ1) is 13.5. The minimum absolute atomic E-state index is 0.115. The molecule has 2 aromatic heterocycles. The Hall–Kier alpha value is -2.87. The van der Waals surface area contributed by atoms with Crippen LogP contribution in [0.4, 0.5) is 5.82 Å². The molecule has 0 radical (unpaired) electrons. The van der Waals surface area contributed by atoms with Crippen molar-refractivity contribution in [3.05, 3.63) is 40.0 Å². The minimum atomic E-state index is -0.801. The Kier molecular flexibility index (Phi) is 5.04. The molecule has 0 aliphatic carbocycles. The van der Waals surface area contributed by atoms with E-state index in [9.17, 15) is 4.79 Å². The van der Waals surface area contributed by atoms with E-state index in [1.165, 1.54) is 10.4 Å². The SMILES string of the molecule is Cc1sc2nc(CCCC(=O)O)nc(NCc3ccc4c(c3)OCO4)c2c1C. The number of benzene rings is 1. The highest BCUT2D eigenvalue weighted by Crippen LogP contribution is 2.35. The van der Waals surface area contributed by atoms with E-state index in [0.717, 1.165) is 33.1 Å². The molecule has 3 heterocycles. The number of nitrogens with one attached hydrogen (secondary N) is 1. The third kappa shape index (κ3) is 3.73. The van der Waals surface area contributed by atoms with Crippen molar-refractivity contribution in [3.8, 4) is 11.5 Å². The maximum Gasteiger partial charge on any atom is 0.303 e. The third-order valence-electron chi connectivity index (χ3n) is 4.76. The van der Waals surface area contributed by atoms with Crippen LogP contribution in [0.3, 0.4) is 0 Å². The lowest BCUT2D eigenvalue weighted by Gasteiger charge is -2.10. The third-order valence-corrected chi connectivity index (χ3v) is 5.86. The summed E-state index contributed by atoms with van der Waals surface area (Å²) < 4.78 is 10.8. The summed E-state index contributed by atoms with van der Waals surface area (Å²) in [7, 11) is 0. The van der Waals surface area contributed by atoms with Gasteiger partial charge in [-0.15, -0.1) is 11.3 Å². The summed E-state index contributed by atoms with van der Waals surface area (Å²) in [6, 6.07) is 5.87. The Labute approximate surface area is 166 Å². The number of nitrogens with zero attached hydrogens (tertiary/aromatic N) is 2. The minimum Gasteiger partial charge on any atom is -0.481 e. The molecule has 1 aromatic carbocycles. The molecule has 0 saturated carbocycles. The number of hydrogen-bond donors (Lipinski definition) is 2. The van der Waals surface area contributed by atoms with Crippen molar-refractivity contribution in [2.45, 2.75) is 39.7 Å². The molecule has 0 fully saturated rings. The molecule has 0 unspecified atom stereocenters. The summed E-state index contributed by atoms with van der Waals surface area (Å²) in [4.78, 5) is 22.3. The highest BCUT2D eigenvalue weighted by molar-refractivity contribution is 7.18. The van der Waals surface area contributed by atoms with Crippen molar-refractivity contribution in [1.29, 1.82) is 0 Å². The van der Waals surface area contributed by atoms with E-state index in [2.05, 4.69) is 24.1 Å². The topological polar surface area (TPSA) is 93.6 Å². The zero-order chi connectivity index (χ0) is 19.7. The molecule has 7 nitrogen and oxygen atoms in total. The highest BCUT2D eigenvalue weighted by atomic mass is 32.1. The predicted octanol–water partition coefficient (Wildman–Crippen LogP) is 4.06. The maximum absolute atomic E-state index is 10.8. The van der Waals surface area contributed by atoms with Crippen LogP contribution in [0.1, 0.15) is 34.7 Å². The number of aromatic nitrogens is 2. The number of hydrogen-bond acceptors (Lipinski definition) is 7. The van der Waals surface area contributed by atoms with E-state index in [1.807, 2.05) is 18.2 Å². The van der Waals surface area contributed by atoms with Gasteiger partial charge in [-0.3, -0.25) is 4.79 Å². The number of aliphatic carboxylic acids is 1. The molecule has 1 aliphatic rings. The molecule has 3 aromatic rings. The summed E-state index contributed by atoms with van der Waals surface area (Å²) in [5.41, 5.74) is 2.23. The quantitative estimate of drug-likeness (QED) is 0.619. The predicted molar refractivity (Wildman–Crippen MR) is 107 cm³/mol. The van der Waals surface area contributed by atoms with Gasteiger partial charge in [-0.1, -0.05) is 6.07 Å². The number of carbonyl (C=O) groups is 1. The first kappa shape index (κ1) is 18.5. The van der Waals surface area contributed by atoms with Gasteiger partial charge in [-0.05, 0) is 43.5 Å². The van der Waals surface area contributed by atoms with Crippen LogP contribution in [-0.2, 0) is 17.8 Å². The van der Waals surface area contributed by atoms with Crippen molar-refractivity contribution in [3.63, 3.8) is 0 Å². The van der Waals surface area contributed by atoms with Crippen molar-refractivity contribution < 1.29 is 19.4 Å². The Bertz CT molecular complexity index is 1050. The number of fused-ring (bicyclic) bond motifs is 2. The van der Waals surface area contributed by atoms with E-state index in [0.29, 0.717) is 25.2 Å². The smallest absolute Gasteiger partial charge is 0.303 e. The van der Waals surface area contributed by atoms with Gasteiger partial charge in [0.1, 0.15) is 16.5 Å². The fourth-order valence-electron chi connectivity index (χ4n) is 3.17. The van der Waals surface area contributed by atoms with Gasteiger partial charge in [0.05, 0.1) is 5.39 Å². The zero-order valence-electron chi connectivity index (χ0n) is 15.7. The molecule has 0 bridgehead atoms. The number of anilines is 1. The second-order valence-electron chi connectivity index (χ2n) is 6.74. The molecule has 8 heteroatoms. The monoisotopic (exact) mass is 399 g/mol. The fraction of sp³-hybridized carbons (Fsp3) is 0.350. The molecule has 0 spiro atoms. The maximum atomic E-state index is 10.8. The molecular weight excluding hydrogens is 378 g/mol. The average Bonchev–Trinajstić information content (AvgIpc) is 3.23. The number of rotatable bonds is 7. The average molecular weight is 399 g/mol. The van der Waals surface area contributed by atoms with Crippen LogP contribution in [0.15, 0.2) is 18.2 Å². The molecule has 1 aliphatic heterocycles. The van der Waals surface area contributed by atoms with Gasteiger partial charge in [0, 0.05) is 24.3 Å². The Morgan fingerprint density at radius 2 is 2.07 bits per heavy atom. The Morgan fingerprint density at radius 1 is 1.25 bits per heavy atom. The summed E-state index contributed by atoms with van der Waals surface area (Å²) in [5, 5.41) is 13.3. The van der Waals surface area contributed by atoms with Crippen molar-refractivity contribution >= 4 is 33.3 Å². The largest absolute Gasteiger partial charge is 0.481 e. The Morgan fingerprint density at radius 3 is 2.89 bits per heavy atom. The zero-order valence-corrected chi connectivity index (χ0v) is 16.6. The van der Waals surface area contributed by atoms with Crippen LogP contribution >= 0.6 is 11.3 Å². The molecule has 0 amide bonds. The lowest BCUT2D eigenvalue weighted by atomic mass is 10.1. The molecule has 146 valence electrons. The van der Waals surface area contributed by atoms with Crippen LogP contribution in [-0.4, -0.2) is 27.8 Å².